The maximum atomic E-state index is 11.9. The maximum absolute atomic E-state index is 11.9. The third-order valence-electron chi connectivity index (χ3n) is 6.80. The normalized spacial score (nSPS) is 16.0. The SMILES string of the molecule is COC(=O)c1cccc(CNC(=S)N2CCc3c([nH]c4ccccc34)[C@H]2c2ccc3c(c2)OCO3)c1. The molecule has 36 heavy (non-hydrogen) atoms. The number of hydrogen-bond acceptors (Lipinski definition) is 5. The summed E-state index contributed by atoms with van der Waals surface area (Å²) in [5.41, 5.74) is 6.11. The summed E-state index contributed by atoms with van der Waals surface area (Å²) in [7, 11) is 1.38. The van der Waals surface area contributed by atoms with Crippen molar-refractivity contribution in [3.05, 3.63) is 94.7 Å². The Morgan fingerprint density at radius 3 is 2.86 bits per heavy atom. The Bertz CT molecular complexity index is 1480. The van der Waals surface area contributed by atoms with Crippen LogP contribution in [0.2, 0.25) is 0 Å². The molecule has 0 amide bonds. The predicted octanol–water partition coefficient (Wildman–Crippen LogP) is 4.71. The van der Waals surface area contributed by atoms with Gasteiger partial charge in [0, 0.05) is 29.7 Å². The number of methoxy groups -OCH3 is 1. The molecule has 2 aliphatic heterocycles. The number of fused-ring (bicyclic) bond motifs is 4. The van der Waals surface area contributed by atoms with Crippen molar-refractivity contribution in [2.75, 3.05) is 20.4 Å². The minimum Gasteiger partial charge on any atom is -0.465 e. The smallest absolute Gasteiger partial charge is 0.337 e. The molecule has 1 atom stereocenters. The number of nitrogens with zero attached hydrogens (tertiary/aromatic N) is 1. The van der Waals surface area contributed by atoms with Crippen molar-refractivity contribution in [3.8, 4) is 11.5 Å². The molecule has 0 aliphatic carbocycles. The monoisotopic (exact) mass is 499 g/mol. The van der Waals surface area contributed by atoms with Crippen LogP contribution in [0.4, 0.5) is 0 Å². The summed E-state index contributed by atoms with van der Waals surface area (Å²) in [6.45, 7) is 1.49. The zero-order chi connectivity index (χ0) is 24.6. The second-order valence-corrected chi connectivity index (χ2v) is 9.26. The highest BCUT2D eigenvalue weighted by atomic mass is 32.1. The summed E-state index contributed by atoms with van der Waals surface area (Å²) < 4.78 is 16.1. The van der Waals surface area contributed by atoms with Crippen LogP contribution in [0.15, 0.2) is 66.7 Å². The molecule has 4 aromatic rings. The Kier molecular flexibility index (Phi) is 5.73. The Balaban J connectivity index is 1.32. The lowest BCUT2D eigenvalue weighted by atomic mass is 9.92. The van der Waals surface area contributed by atoms with E-state index in [0.29, 0.717) is 17.2 Å². The van der Waals surface area contributed by atoms with E-state index in [1.165, 1.54) is 18.1 Å². The van der Waals surface area contributed by atoms with Gasteiger partial charge in [0.2, 0.25) is 6.79 Å². The predicted molar refractivity (Wildman–Crippen MR) is 140 cm³/mol. The fourth-order valence-corrected chi connectivity index (χ4v) is 5.36. The molecule has 0 spiro atoms. The number of esters is 1. The van der Waals surface area contributed by atoms with Gasteiger partial charge in [-0.1, -0.05) is 36.4 Å². The summed E-state index contributed by atoms with van der Waals surface area (Å²) in [5.74, 6) is 1.14. The first-order valence-corrected chi connectivity index (χ1v) is 12.2. The molecule has 8 heteroatoms. The Morgan fingerprint density at radius 2 is 1.97 bits per heavy atom. The zero-order valence-electron chi connectivity index (χ0n) is 19.7. The summed E-state index contributed by atoms with van der Waals surface area (Å²) >= 11 is 5.92. The number of hydrogen-bond donors (Lipinski definition) is 2. The number of ether oxygens (including phenoxy) is 3. The third kappa shape index (κ3) is 3.93. The van der Waals surface area contributed by atoms with E-state index in [9.17, 15) is 4.79 Å². The number of rotatable bonds is 4. The van der Waals surface area contributed by atoms with Gasteiger partial charge in [-0.05, 0) is 65.7 Å². The largest absolute Gasteiger partial charge is 0.465 e. The molecule has 3 aromatic carbocycles. The van der Waals surface area contributed by atoms with E-state index >= 15 is 0 Å². The highest BCUT2D eigenvalue weighted by Gasteiger charge is 2.34. The van der Waals surface area contributed by atoms with Crippen LogP contribution in [-0.4, -0.2) is 41.4 Å². The highest BCUT2D eigenvalue weighted by Crippen LogP contribution is 2.42. The molecular weight excluding hydrogens is 474 g/mol. The molecule has 0 fully saturated rings. The molecule has 0 unspecified atom stereocenters. The first kappa shape index (κ1) is 22.4. The number of aromatic amines is 1. The van der Waals surface area contributed by atoms with Crippen LogP contribution in [0.25, 0.3) is 10.9 Å². The highest BCUT2D eigenvalue weighted by molar-refractivity contribution is 7.80. The lowest BCUT2D eigenvalue weighted by molar-refractivity contribution is 0.0600. The van der Waals surface area contributed by atoms with Gasteiger partial charge in [-0.15, -0.1) is 0 Å². The number of benzene rings is 3. The number of para-hydroxylation sites is 1. The third-order valence-corrected chi connectivity index (χ3v) is 7.18. The number of H-pyrrole nitrogens is 1. The summed E-state index contributed by atoms with van der Waals surface area (Å²) in [4.78, 5) is 17.8. The second-order valence-electron chi connectivity index (χ2n) is 8.87. The lowest BCUT2D eigenvalue weighted by Gasteiger charge is -2.38. The number of aromatic nitrogens is 1. The molecule has 3 heterocycles. The number of carbonyl (C=O) groups is 1. The van der Waals surface area contributed by atoms with Crippen LogP contribution in [-0.2, 0) is 17.7 Å². The van der Waals surface area contributed by atoms with Crippen molar-refractivity contribution in [1.29, 1.82) is 0 Å². The van der Waals surface area contributed by atoms with Gasteiger partial charge >= 0.3 is 5.97 Å². The maximum Gasteiger partial charge on any atom is 0.337 e. The molecule has 2 N–H and O–H groups in total. The Labute approximate surface area is 214 Å². The van der Waals surface area contributed by atoms with Gasteiger partial charge in [0.05, 0.1) is 18.7 Å². The lowest BCUT2D eigenvalue weighted by Crippen LogP contribution is -2.45. The van der Waals surface area contributed by atoms with Gasteiger partial charge in [0.25, 0.3) is 0 Å². The zero-order valence-corrected chi connectivity index (χ0v) is 20.6. The number of carbonyl (C=O) groups excluding carboxylic acids is 1. The number of nitrogens with one attached hydrogen (secondary N) is 2. The summed E-state index contributed by atoms with van der Waals surface area (Å²) in [6.07, 6.45) is 0.875. The van der Waals surface area contributed by atoms with E-state index in [-0.39, 0.29) is 18.8 Å². The van der Waals surface area contributed by atoms with E-state index in [1.807, 2.05) is 36.4 Å². The van der Waals surface area contributed by atoms with Crippen molar-refractivity contribution in [2.24, 2.45) is 0 Å². The van der Waals surface area contributed by atoms with Crippen LogP contribution in [0, 0.1) is 0 Å². The minimum atomic E-state index is -0.357. The van der Waals surface area contributed by atoms with Crippen molar-refractivity contribution >= 4 is 34.2 Å². The van der Waals surface area contributed by atoms with Crippen LogP contribution >= 0.6 is 12.2 Å². The molecule has 7 nitrogen and oxygen atoms in total. The number of thiocarbonyl (C=S) groups is 1. The first-order chi connectivity index (χ1) is 17.6. The van der Waals surface area contributed by atoms with E-state index in [2.05, 4.69) is 39.5 Å². The molecule has 2 aliphatic rings. The van der Waals surface area contributed by atoms with Gasteiger partial charge in [-0.2, -0.15) is 0 Å². The molecule has 6 rings (SSSR count). The average Bonchev–Trinajstić information content (AvgIpc) is 3.55. The van der Waals surface area contributed by atoms with Crippen molar-refractivity contribution < 1.29 is 19.0 Å². The summed E-state index contributed by atoms with van der Waals surface area (Å²) in [5, 5.41) is 5.30. The Morgan fingerprint density at radius 1 is 1.11 bits per heavy atom. The van der Waals surface area contributed by atoms with Crippen LogP contribution in [0.3, 0.4) is 0 Å². The van der Waals surface area contributed by atoms with E-state index < -0.39 is 0 Å². The van der Waals surface area contributed by atoms with Crippen LogP contribution in [0.1, 0.15) is 38.8 Å². The fraction of sp³-hybridized carbons (Fsp3) is 0.214. The van der Waals surface area contributed by atoms with E-state index in [4.69, 9.17) is 26.4 Å². The van der Waals surface area contributed by atoms with Crippen LogP contribution in [0.5, 0.6) is 11.5 Å². The first-order valence-electron chi connectivity index (χ1n) is 11.8. The molecule has 0 saturated heterocycles. The molecule has 0 saturated carbocycles. The Hall–Kier alpha value is -4.04. The van der Waals surface area contributed by atoms with Crippen molar-refractivity contribution in [1.82, 2.24) is 15.2 Å². The standard InChI is InChI=1S/C28H25N3O4S/c1-33-27(32)19-6-4-5-17(13-19)15-29-28(36)31-12-11-21-20-7-2-3-8-22(20)30-25(21)26(31)18-9-10-23-24(14-18)35-16-34-23/h2-10,13-14,26,30H,11-12,15-16H2,1H3,(H,29,36)/t26-/m1/s1. The summed E-state index contributed by atoms with van der Waals surface area (Å²) in [6, 6.07) is 21.7. The van der Waals surface area contributed by atoms with E-state index in [0.717, 1.165) is 46.8 Å². The quantitative estimate of drug-likeness (QED) is 0.311. The topological polar surface area (TPSA) is 75.8 Å². The fourth-order valence-electron chi connectivity index (χ4n) is 5.09. The molecular formula is C28H25N3O4S. The molecule has 1 aromatic heterocycles. The molecule has 182 valence electrons. The van der Waals surface area contributed by atoms with Gasteiger partial charge in [0.1, 0.15) is 0 Å². The van der Waals surface area contributed by atoms with Gasteiger partial charge < -0.3 is 29.4 Å². The van der Waals surface area contributed by atoms with Crippen molar-refractivity contribution in [3.63, 3.8) is 0 Å². The molecule has 0 bridgehead atoms. The van der Waals surface area contributed by atoms with Crippen LogP contribution < -0.4 is 14.8 Å². The van der Waals surface area contributed by atoms with Gasteiger partial charge in [-0.3, -0.25) is 0 Å². The van der Waals surface area contributed by atoms with Crippen molar-refractivity contribution in [2.45, 2.75) is 19.0 Å². The minimum absolute atomic E-state index is 0.114. The van der Waals surface area contributed by atoms with Gasteiger partial charge in [0.15, 0.2) is 16.6 Å². The van der Waals surface area contributed by atoms with Gasteiger partial charge in [-0.25, -0.2) is 4.79 Å². The van der Waals surface area contributed by atoms with E-state index in [1.54, 1.807) is 6.07 Å². The average molecular weight is 500 g/mol. The second kappa shape index (κ2) is 9.20. The molecule has 0 radical (unpaired) electrons.